The number of carbonyl (C=O) groups excluding carboxylic acids is 3. The van der Waals surface area contributed by atoms with E-state index in [-0.39, 0.29) is 24.4 Å². The minimum atomic E-state index is -4.59. The molecule has 3 heterocycles. The first kappa shape index (κ1) is 31.3. The Labute approximate surface area is 242 Å². The molecule has 42 heavy (non-hydrogen) atoms. The predicted octanol–water partition coefficient (Wildman–Crippen LogP) is 4.07. The zero-order chi connectivity index (χ0) is 30.6. The Morgan fingerprint density at radius 3 is 2.50 bits per heavy atom. The molecular formula is C28H38F3N7O4. The monoisotopic (exact) mass is 593 g/mol. The molecule has 2 aliphatic rings. The molecule has 2 aromatic heterocycles. The number of rotatable bonds is 10. The third-order valence-electron chi connectivity index (χ3n) is 7.95. The highest BCUT2D eigenvalue weighted by Crippen LogP contribution is 2.33. The van der Waals surface area contributed by atoms with Gasteiger partial charge in [0.1, 0.15) is 23.6 Å². The predicted molar refractivity (Wildman–Crippen MR) is 148 cm³/mol. The van der Waals surface area contributed by atoms with Gasteiger partial charge in [-0.25, -0.2) is 9.78 Å². The van der Waals surface area contributed by atoms with Crippen molar-refractivity contribution in [3.05, 3.63) is 41.9 Å². The highest BCUT2D eigenvalue weighted by molar-refractivity contribution is 6.00. The Balaban J connectivity index is 1.55. The summed E-state index contributed by atoms with van der Waals surface area (Å²) in [7, 11) is 1.38. The zero-order valence-corrected chi connectivity index (χ0v) is 24.1. The molecule has 1 unspecified atom stereocenters. The van der Waals surface area contributed by atoms with Gasteiger partial charge in [-0.05, 0) is 62.3 Å². The molecule has 0 radical (unpaired) electrons. The van der Waals surface area contributed by atoms with Crippen molar-refractivity contribution in [2.75, 3.05) is 25.6 Å². The van der Waals surface area contributed by atoms with Crippen molar-refractivity contribution in [1.29, 1.82) is 0 Å². The van der Waals surface area contributed by atoms with Gasteiger partial charge in [-0.3, -0.25) is 14.3 Å². The number of nitrogens with zero attached hydrogens (tertiary/aromatic N) is 4. The highest BCUT2D eigenvalue weighted by Gasteiger charge is 2.48. The summed E-state index contributed by atoms with van der Waals surface area (Å²) in [5.41, 5.74) is 0.781. The van der Waals surface area contributed by atoms with Gasteiger partial charge in [0, 0.05) is 25.5 Å². The standard InChI is InChI=1S/C28H38F3N7O4/c1-16(2)38-20(10-12-33-38)25(39)36-24(18-7-5-17(3)6-8-18)26(40)35-23-13-19(9-11-32-23)21(15-42-4)37-14-22(28(29,30)31)34-27(37)41/h9-13,16-18,21-22,24H,5-8,14-15H2,1-4H3,(H,34,41)(H,36,39)(H,32,35,40)/t17?,18?,21?,22-,24-/m0/s1. The Morgan fingerprint density at radius 1 is 1.17 bits per heavy atom. The van der Waals surface area contributed by atoms with Crippen molar-refractivity contribution in [2.45, 2.75) is 76.8 Å². The molecule has 2 fully saturated rings. The summed E-state index contributed by atoms with van der Waals surface area (Å²) in [5, 5.41) is 11.9. The minimum absolute atomic E-state index is 0.0559. The fourth-order valence-corrected chi connectivity index (χ4v) is 5.60. The van der Waals surface area contributed by atoms with Crippen molar-refractivity contribution in [2.24, 2.45) is 11.8 Å². The Kier molecular flexibility index (Phi) is 9.74. The van der Waals surface area contributed by atoms with Crippen molar-refractivity contribution in [3.8, 4) is 0 Å². The van der Waals surface area contributed by atoms with E-state index < -0.39 is 48.7 Å². The van der Waals surface area contributed by atoms with Crippen LogP contribution < -0.4 is 16.0 Å². The van der Waals surface area contributed by atoms with Crippen LogP contribution in [-0.2, 0) is 9.53 Å². The number of urea groups is 1. The fraction of sp³-hybridized carbons (Fsp3) is 0.607. The van der Waals surface area contributed by atoms with E-state index in [1.165, 1.54) is 25.6 Å². The molecule has 0 bridgehead atoms. The lowest BCUT2D eigenvalue weighted by Gasteiger charge is -2.32. The third kappa shape index (κ3) is 7.20. The van der Waals surface area contributed by atoms with Crippen LogP contribution in [0.3, 0.4) is 0 Å². The molecule has 3 N–H and O–H groups in total. The SMILES string of the molecule is COCC(c1ccnc(NC(=O)[C@@H](NC(=O)c2ccnn2C(C)C)C2CCC(C)CC2)c1)N1C[C@@H](C(F)(F)F)NC1=O. The molecule has 2 aromatic rings. The van der Waals surface area contributed by atoms with Crippen LogP contribution in [0, 0.1) is 11.8 Å². The van der Waals surface area contributed by atoms with Crippen LogP contribution in [0.1, 0.15) is 74.6 Å². The molecular weight excluding hydrogens is 555 g/mol. The average molecular weight is 594 g/mol. The average Bonchev–Trinajstić information content (AvgIpc) is 3.58. The molecule has 4 rings (SSSR count). The van der Waals surface area contributed by atoms with Crippen molar-refractivity contribution in [1.82, 2.24) is 30.3 Å². The Morgan fingerprint density at radius 2 is 1.88 bits per heavy atom. The first-order valence-corrected chi connectivity index (χ1v) is 14.1. The number of nitrogens with one attached hydrogen (secondary N) is 3. The van der Waals surface area contributed by atoms with Gasteiger partial charge in [-0.2, -0.15) is 18.3 Å². The van der Waals surface area contributed by atoms with Gasteiger partial charge in [-0.1, -0.05) is 19.8 Å². The Hall–Kier alpha value is -3.68. The van der Waals surface area contributed by atoms with E-state index in [1.54, 1.807) is 16.8 Å². The van der Waals surface area contributed by atoms with Gasteiger partial charge in [0.15, 0.2) is 0 Å². The van der Waals surface area contributed by atoms with Gasteiger partial charge in [-0.15, -0.1) is 0 Å². The van der Waals surface area contributed by atoms with E-state index in [0.717, 1.165) is 30.6 Å². The zero-order valence-electron chi connectivity index (χ0n) is 24.1. The number of aromatic nitrogens is 3. The van der Waals surface area contributed by atoms with Gasteiger partial charge in [0.25, 0.3) is 5.91 Å². The van der Waals surface area contributed by atoms with Crippen LogP contribution in [0.5, 0.6) is 0 Å². The summed E-state index contributed by atoms with van der Waals surface area (Å²) in [6.45, 7) is 5.32. The van der Waals surface area contributed by atoms with Crippen molar-refractivity contribution < 1.29 is 32.3 Å². The van der Waals surface area contributed by atoms with Gasteiger partial charge in [0.2, 0.25) is 5.91 Å². The van der Waals surface area contributed by atoms with E-state index in [9.17, 15) is 27.6 Å². The van der Waals surface area contributed by atoms with Crippen molar-refractivity contribution >= 4 is 23.7 Å². The highest BCUT2D eigenvalue weighted by atomic mass is 19.4. The summed E-state index contributed by atoms with van der Waals surface area (Å²) < 4.78 is 46.7. The first-order chi connectivity index (χ1) is 19.9. The molecule has 230 valence electrons. The van der Waals surface area contributed by atoms with E-state index in [2.05, 4.69) is 27.6 Å². The number of methoxy groups -OCH3 is 1. The van der Waals surface area contributed by atoms with E-state index in [4.69, 9.17) is 4.74 Å². The lowest BCUT2D eigenvalue weighted by Crippen LogP contribution is -2.49. The molecule has 11 nitrogen and oxygen atoms in total. The molecule has 0 aromatic carbocycles. The maximum absolute atomic E-state index is 13.7. The fourth-order valence-electron chi connectivity index (χ4n) is 5.60. The summed E-state index contributed by atoms with van der Waals surface area (Å²) in [5.74, 6) is -0.304. The number of ether oxygens (including phenoxy) is 1. The molecule has 4 amide bonds. The van der Waals surface area contributed by atoms with Crippen LogP contribution in [-0.4, -0.2) is 76.0 Å². The quantitative estimate of drug-likeness (QED) is 0.381. The van der Waals surface area contributed by atoms with E-state index in [1.807, 2.05) is 19.2 Å². The molecule has 1 aliphatic carbocycles. The summed E-state index contributed by atoms with van der Waals surface area (Å²) in [4.78, 5) is 44.7. The van der Waals surface area contributed by atoms with E-state index >= 15 is 0 Å². The summed E-state index contributed by atoms with van der Waals surface area (Å²) in [6.07, 6.45) is 1.72. The number of hydrogen-bond donors (Lipinski definition) is 3. The second-order valence-electron chi connectivity index (χ2n) is 11.4. The lowest BCUT2D eigenvalue weighted by molar-refractivity contribution is -0.150. The molecule has 3 atom stereocenters. The largest absolute Gasteiger partial charge is 0.410 e. The number of halogens is 3. The van der Waals surface area contributed by atoms with Crippen LogP contribution >= 0.6 is 0 Å². The topological polar surface area (TPSA) is 130 Å². The number of alkyl halides is 3. The second kappa shape index (κ2) is 13.1. The third-order valence-corrected chi connectivity index (χ3v) is 7.95. The van der Waals surface area contributed by atoms with Crippen LogP contribution in [0.25, 0.3) is 0 Å². The van der Waals surface area contributed by atoms with Gasteiger partial charge in [0.05, 0.1) is 19.2 Å². The first-order valence-electron chi connectivity index (χ1n) is 14.1. The summed E-state index contributed by atoms with van der Waals surface area (Å²) >= 11 is 0. The minimum Gasteiger partial charge on any atom is -0.382 e. The van der Waals surface area contributed by atoms with Crippen LogP contribution in [0.2, 0.25) is 0 Å². The number of pyridine rings is 1. The van der Waals surface area contributed by atoms with Crippen LogP contribution in [0.15, 0.2) is 30.6 Å². The number of hydrogen-bond acceptors (Lipinski definition) is 6. The number of amides is 4. The molecule has 1 aliphatic heterocycles. The maximum Gasteiger partial charge on any atom is 0.410 e. The lowest BCUT2D eigenvalue weighted by atomic mass is 9.79. The number of anilines is 1. The normalized spacial score (nSPS) is 22.5. The van der Waals surface area contributed by atoms with Gasteiger partial charge >= 0.3 is 12.2 Å². The van der Waals surface area contributed by atoms with E-state index in [0.29, 0.717) is 17.2 Å². The smallest absolute Gasteiger partial charge is 0.382 e. The van der Waals surface area contributed by atoms with Crippen LogP contribution in [0.4, 0.5) is 23.8 Å². The maximum atomic E-state index is 13.7. The summed E-state index contributed by atoms with van der Waals surface area (Å²) in [6, 6.07) is 0.0430. The second-order valence-corrected chi connectivity index (χ2v) is 11.4. The molecule has 1 saturated carbocycles. The molecule has 0 spiro atoms. The van der Waals surface area contributed by atoms with Gasteiger partial charge < -0.3 is 25.6 Å². The molecule has 14 heteroatoms. The molecule has 1 saturated heterocycles. The van der Waals surface area contributed by atoms with Crippen molar-refractivity contribution in [3.63, 3.8) is 0 Å². The number of carbonyl (C=O) groups is 3. The Bertz CT molecular complexity index is 1260.